The van der Waals surface area contributed by atoms with Crippen molar-refractivity contribution < 1.29 is 19.6 Å². The van der Waals surface area contributed by atoms with Crippen molar-refractivity contribution >= 4 is 6.16 Å². The second-order valence-corrected chi connectivity index (χ2v) is 3.29. The number of hydrogen-bond acceptors (Lipinski definition) is 5. The molecule has 0 aliphatic carbocycles. The highest BCUT2D eigenvalue weighted by Gasteiger charge is 2.14. The fraction of sp³-hybridized carbons (Fsp3) is 0.833. The van der Waals surface area contributed by atoms with Crippen LogP contribution in [0.25, 0.3) is 0 Å². The van der Waals surface area contributed by atoms with Crippen molar-refractivity contribution in [2.24, 2.45) is 5.41 Å². The maximum atomic E-state index is 10.4. The number of carbonyl (C=O) groups is 1. The second kappa shape index (κ2) is 4.15. The predicted molar refractivity (Wildman–Crippen MR) is 36.8 cm³/mol. The normalized spacial score (nSPS) is 10.9. The molecular formula is C6H13NO4. The van der Waals surface area contributed by atoms with Crippen LogP contribution in [0.1, 0.15) is 20.8 Å². The summed E-state index contributed by atoms with van der Waals surface area (Å²) in [5.74, 6) is 0. The van der Waals surface area contributed by atoms with Crippen molar-refractivity contribution in [1.29, 1.82) is 0 Å². The van der Waals surface area contributed by atoms with E-state index in [2.05, 4.69) is 9.57 Å². The Hall–Kier alpha value is -0.810. The summed E-state index contributed by atoms with van der Waals surface area (Å²) in [6.07, 6.45) is -0.942. The molecule has 0 rings (SSSR count). The minimum atomic E-state index is -0.942. The van der Waals surface area contributed by atoms with Gasteiger partial charge in [0.25, 0.3) is 0 Å². The molecule has 0 aromatic carbocycles. The summed E-state index contributed by atoms with van der Waals surface area (Å²) in [6, 6.07) is 0. The summed E-state index contributed by atoms with van der Waals surface area (Å²) in [4.78, 5) is 14.3. The van der Waals surface area contributed by atoms with Gasteiger partial charge in [-0.15, -0.1) is 0 Å². The minimum Gasteiger partial charge on any atom is -0.432 e. The van der Waals surface area contributed by atoms with Gasteiger partial charge in [-0.05, 0) is 11.1 Å². The maximum absolute atomic E-state index is 10.4. The van der Waals surface area contributed by atoms with Crippen molar-refractivity contribution in [3.05, 3.63) is 0 Å². The summed E-state index contributed by atoms with van der Waals surface area (Å²) in [6.45, 7) is 5.97. The number of hydrogen-bond donors (Lipinski definition) is 2. The average molecular weight is 163 g/mol. The summed E-state index contributed by atoms with van der Waals surface area (Å²) in [5, 5.41) is 7.89. The molecule has 11 heavy (non-hydrogen) atoms. The van der Waals surface area contributed by atoms with Crippen LogP contribution >= 0.6 is 0 Å². The SMILES string of the molecule is CC(C)(C)COC(=O)ONO. The molecule has 5 nitrogen and oxygen atoms in total. The molecule has 0 aromatic heterocycles. The third kappa shape index (κ3) is 7.08. The quantitative estimate of drug-likeness (QED) is 0.471. The van der Waals surface area contributed by atoms with Gasteiger partial charge in [-0.2, -0.15) is 0 Å². The van der Waals surface area contributed by atoms with Crippen LogP contribution in [0.5, 0.6) is 0 Å². The maximum Gasteiger partial charge on any atom is 0.529 e. The van der Waals surface area contributed by atoms with Crippen LogP contribution in [-0.4, -0.2) is 18.0 Å². The Balaban J connectivity index is 3.46. The van der Waals surface area contributed by atoms with Crippen molar-refractivity contribution in [3.63, 3.8) is 0 Å². The molecule has 0 heterocycles. The molecule has 0 aliphatic heterocycles. The van der Waals surface area contributed by atoms with Crippen LogP contribution in [0, 0.1) is 5.41 Å². The Morgan fingerprint density at radius 1 is 1.55 bits per heavy atom. The van der Waals surface area contributed by atoms with Crippen LogP contribution in [0.4, 0.5) is 4.79 Å². The van der Waals surface area contributed by atoms with E-state index in [0.29, 0.717) is 0 Å². The largest absolute Gasteiger partial charge is 0.529 e. The molecule has 5 heteroatoms. The lowest BCUT2D eigenvalue weighted by Crippen LogP contribution is -2.22. The van der Waals surface area contributed by atoms with Crippen LogP contribution in [-0.2, 0) is 9.57 Å². The number of nitrogens with one attached hydrogen (secondary N) is 1. The minimum absolute atomic E-state index is 0.103. The molecule has 0 atom stereocenters. The predicted octanol–water partition coefficient (Wildman–Crippen LogP) is 1.08. The highest BCUT2D eigenvalue weighted by atomic mass is 16.9. The third-order valence-corrected chi connectivity index (χ3v) is 0.752. The van der Waals surface area contributed by atoms with E-state index in [-0.39, 0.29) is 12.0 Å². The second-order valence-electron chi connectivity index (χ2n) is 3.29. The standard InChI is InChI=1S/C6H13NO4/c1-6(2,3)4-10-5(8)11-7-9/h7,9H,4H2,1-3H3. The topological polar surface area (TPSA) is 67.8 Å². The van der Waals surface area contributed by atoms with E-state index in [1.54, 1.807) is 0 Å². The van der Waals surface area contributed by atoms with Gasteiger partial charge in [0, 0.05) is 0 Å². The van der Waals surface area contributed by atoms with E-state index < -0.39 is 6.16 Å². The Bertz CT molecular complexity index is 129. The lowest BCUT2D eigenvalue weighted by Gasteiger charge is -2.16. The molecule has 0 radical (unpaired) electrons. The van der Waals surface area contributed by atoms with Gasteiger partial charge in [0.05, 0.1) is 6.61 Å². The molecule has 0 spiro atoms. The molecule has 66 valence electrons. The van der Waals surface area contributed by atoms with Crippen molar-refractivity contribution in [1.82, 2.24) is 5.64 Å². The zero-order valence-electron chi connectivity index (χ0n) is 6.88. The van der Waals surface area contributed by atoms with Crippen LogP contribution in [0.15, 0.2) is 0 Å². The first-order chi connectivity index (χ1) is 4.95. The highest BCUT2D eigenvalue weighted by molar-refractivity contribution is 5.59. The first kappa shape index (κ1) is 10.2. The average Bonchev–Trinajstić information content (AvgIpc) is 1.83. The first-order valence-corrected chi connectivity index (χ1v) is 3.18. The summed E-state index contributed by atoms with van der Waals surface area (Å²) >= 11 is 0. The zero-order valence-corrected chi connectivity index (χ0v) is 6.88. The zero-order chi connectivity index (χ0) is 8.91. The molecule has 0 fully saturated rings. The lowest BCUT2D eigenvalue weighted by atomic mass is 9.99. The van der Waals surface area contributed by atoms with E-state index >= 15 is 0 Å². The Labute approximate surface area is 65.2 Å². The van der Waals surface area contributed by atoms with Gasteiger partial charge in [0.2, 0.25) is 0 Å². The first-order valence-electron chi connectivity index (χ1n) is 3.18. The van der Waals surface area contributed by atoms with Gasteiger partial charge < -0.3 is 9.57 Å². The number of carbonyl (C=O) groups excluding carboxylic acids is 1. The summed E-state index contributed by atoms with van der Waals surface area (Å²) in [7, 11) is 0. The molecule has 0 aliphatic rings. The van der Waals surface area contributed by atoms with E-state index in [4.69, 9.17) is 5.21 Å². The Kier molecular flexibility index (Phi) is 3.84. The highest BCUT2D eigenvalue weighted by Crippen LogP contribution is 2.12. The van der Waals surface area contributed by atoms with Crippen LogP contribution < -0.4 is 5.64 Å². The van der Waals surface area contributed by atoms with Gasteiger partial charge in [-0.1, -0.05) is 20.8 Å². The molecule has 0 unspecified atom stereocenters. The third-order valence-electron chi connectivity index (χ3n) is 0.752. The van der Waals surface area contributed by atoms with E-state index in [1.165, 1.54) is 5.64 Å². The summed E-state index contributed by atoms with van der Waals surface area (Å²) < 4.78 is 4.56. The van der Waals surface area contributed by atoms with Gasteiger partial charge >= 0.3 is 6.16 Å². The van der Waals surface area contributed by atoms with Gasteiger partial charge in [0.1, 0.15) is 0 Å². The van der Waals surface area contributed by atoms with E-state index in [0.717, 1.165) is 0 Å². The van der Waals surface area contributed by atoms with Crippen LogP contribution in [0.3, 0.4) is 0 Å². The van der Waals surface area contributed by atoms with Crippen molar-refractivity contribution in [3.8, 4) is 0 Å². The number of ether oxygens (including phenoxy) is 1. The molecule has 2 N–H and O–H groups in total. The Morgan fingerprint density at radius 2 is 2.09 bits per heavy atom. The molecule has 0 aromatic rings. The number of rotatable bonds is 2. The Morgan fingerprint density at radius 3 is 2.45 bits per heavy atom. The van der Waals surface area contributed by atoms with Crippen molar-refractivity contribution in [2.75, 3.05) is 6.61 Å². The molecular weight excluding hydrogens is 150 g/mol. The van der Waals surface area contributed by atoms with Crippen molar-refractivity contribution in [2.45, 2.75) is 20.8 Å². The molecule has 0 amide bonds. The fourth-order valence-electron chi connectivity index (χ4n) is 0.342. The molecule has 0 saturated heterocycles. The van der Waals surface area contributed by atoms with Gasteiger partial charge in [-0.25, -0.2) is 4.79 Å². The molecule has 0 saturated carbocycles. The summed E-state index contributed by atoms with van der Waals surface area (Å²) in [5.41, 5.74) is 1.13. The van der Waals surface area contributed by atoms with E-state index in [9.17, 15) is 4.79 Å². The van der Waals surface area contributed by atoms with E-state index in [1.807, 2.05) is 20.8 Å². The lowest BCUT2D eigenvalue weighted by molar-refractivity contribution is -0.107. The fourth-order valence-corrected chi connectivity index (χ4v) is 0.342. The molecule has 0 bridgehead atoms. The smallest absolute Gasteiger partial charge is 0.432 e. The van der Waals surface area contributed by atoms with Gasteiger partial charge in [-0.3, -0.25) is 5.21 Å². The van der Waals surface area contributed by atoms with Crippen LogP contribution in [0.2, 0.25) is 0 Å². The monoisotopic (exact) mass is 163 g/mol. The van der Waals surface area contributed by atoms with Gasteiger partial charge in [0.15, 0.2) is 0 Å².